The largest absolute Gasteiger partial charge is 0.408 e. The molecule has 0 saturated heterocycles. The molecule has 0 atom stereocenters. The van der Waals surface area contributed by atoms with Crippen molar-refractivity contribution in [3.8, 4) is 0 Å². The van der Waals surface area contributed by atoms with Crippen molar-refractivity contribution in [1.29, 1.82) is 0 Å². The summed E-state index contributed by atoms with van der Waals surface area (Å²) in [6.45, 7) is 2.23. The third-order valence-corrected chi connectivity index (χ3v) is 5.61. The van der Waals surface area contributed by atoms with Crippen LogP contribution in [0.2, 0.25) is 0 Å². The molecule has 0 saturated carbocycles. The Morgan fingerprint density at radius 3 is 1.64 bits per heavy atom. The van der Waals surface area contributed by atoms with Gasteiger partial charge in [0.25, 0.3) is 0 Å². The second kappa shape index (κ2) is 16.3. The highest BCUT2D eigenvalue weighted by atomic mass is 31.2. The van der Waals surface area contributed by atoms with Gasteiger partial charge in [-0.05, 0) is 12.8 Å². The summed E-state index contributed by atoms with van der Waals surface area (Å²) in [5.74, 6) is -3.37. The van der Waals surface area contributed by atoms with Gasteiger partial charge in [-0.3, -0.25) is 9.36 Å². The summed E-state index contributed by atoms with van der Waals surface area (Å²) < 4.78 is 15.3. The van der Waals surface area contributed by atoms with Gasteiger partial charge in [0.2, 0.25) is 0 Å². The van der Waals surface area contributed by atoms with E-state index in [2.05, 4.69) is 11.7 Å². The number of carbonyl (C=O) groups excluding carboxylic acids is 1. The van der Waals surface area contributed by atoms with E-state index in [0.29, 0.717) is 6.42 Å². The molecule has 0 unspecified atom stereocenters. The molecule has 168 valence electrons. The maximum absolute atomic E-state index is 11.6. The molecule has 8 heteroatoms. The van der Waals surface area contributed by atoms with Crippen LogP contribution in [0.4, 0.5) is 0 Å². The standard InChI is InChI=1S/C20H41O7P/c1-2-3-4-5-6-7-8-9-10-11-12-13-14-16-19(21)27-20(22,23)17-15-18-28(24,25)26/h22-23H,2-18H2,1H3,(H2,24,25,26). The van der Waals surface area contributed by atoms with Gasteiger partial charge in [0, 0.05) is 12.8 Å². The Morgan fingerprint density at radius 1 is 0.786 bits per heavy atom. The third kappa shape index (κ3) is 20.3. The minimum Gasteiger partial charge on any atom is -0.408 e. The van der Waals surface area contributed by atoms with E-state index < -0.39 is 32.1 Å². The Hall–Kier alpha value is -0.460. The predicted octanol–water partition coefficient (Wildman–Crippen LogP) is 4.61. The molecule has 4 N–H and O–H groups in total. The first kappa shape index (κ1) is 27.5. The van der Waals surface area contributed by atoms with Crippen LogP contribution in [0.5, 0.6) is 0 Å². The van der Waals surface area contributed by atoms with Gasteiger partial charge in [-0.25, -0.2) is 0 Å². The normalized spacial score (nSPS) is 12.3. The van der Waals surface area contributed by atoms with E-state index in [9.17, 15) is 19.6 Å². The number of hydrogen-bond acceptors (Lipinski definition) is 5. The van der Waals surface area contributed by atoms with E-state index in [0.717, 1.165) is 19.3 Å². The Morgan fingerprint density at radius 2 is 1.21 bits per heavy atom. The fourth-order valence-corrected chi connectivity index (χ4v) is 3.66. The number of hydrogen-bond donors (Lipinski definition) is 4. The highest BCUT2D eigenvalue weighted by molar-refractivity contribution is 7.51. The smallest absolute Gasteiger partial charge is 0.325 e. The number of unbranched alkanes of at least 4 members (excludes halogenated alkanes) is 12. The zero-order chi connectivity index (χ0) is 21.3. The quantitative estimate of drug-likeness (QED) is 0.103. The molecule has 28 heavy (non-hydrogen) atoms. The van der Waals surface area contributed by atoms with Crippen molar-refractivity contribution in [3.05, 3.63) is 0 Å². The van der Waals surface area contributed by atoms with Gasteiger partial charge in [0.05, 0.1) is 6.16 Å². The van der Waals surface area contributed by atoms with Crippen LogP contribution in [0.1, 0.15) is 110 Å². The van der Waals surface area contributed by atoms with Crippen LogP contribution < -0.4 is 0 Å². The minimum atomic E-state index is -4.19. The van der Waals surface area contributed by atoms with Crippen LogP contribution in [0.25, 0.3) is 0 Å². The molecule has 0 spiro atoms. The molecule has 0 amide bonds. The van der Waals surface area contributed by atoms with Gasteiger partial charge in [0.1, 0.15) is 0 Å². The topological polar surface area (TPSA) is 124 Å². The van der Waals surface area contributed by atoms with Crippen LogP contribution in [0, 0.1) is 0 Å². The summed E-state index contributed by atoms with van der Waals surface area (Å²) >= 11 is 0. The number of ether oxygens (including phenoxy) is 1. The van der Waals surface area contributed by atoms with E-state index in [1.165, 1.54) is 57.8 Å². The summed E-state index contributed by atoms with van der Waals surface area (Å²) in [6, 6.07) is 0. The lowest BCUT2D eigenvalue weighted by atomic mass is 10.0. The fraction of sp³-hybridized carbons (Fsp3) is 0.950. The minimum absolute atomic E-state index is 0.110. The highest BCUT2D eigenvalue weighted by Gasteiger charge is 2.29. The first-order valence-electron chi connectivity index (χ1n) is 10.9. The molecule has 0 rings (SSSR count). The Balaban J connectivity index is 3.50. The van der Waals surface area contributed by atoms with Crippen molar-refractivity contribution in [1.82, 2.24) is 0 Å². The summed E-state index contributed by atoms with van der Waals surface area (Å²) in [6.07, 6.45) is 14.6. The molecule has 0 radical (unpaired) electrons. The molecule has 7 nitrogen and oxygen atoms in total. The van der Waals surface area contributed by atoms with Crippen molar-refractivity contribution in [2.45, 2.75) is 116 Å². The van der Waals surface area contributed by atoms with Crippen LogP contribution in [-0.4, -0.2) is 38.1 Å². The van der Waals surface area contributed by atoms with Crippen LogP contribution >= 0.6 is 7.60 Å². The van der Waals surface area contributed by atoms with Crippen molar-refractivity contribution in [3.63, 3.8) is 0 Å². The maximum atomic E-state index is 11.6. The molecular weight excluding hydrogens is 383 g/mol. The Kier molecular flexibility index (Phi) is 16.1. The van der Waals surface area contributed by atoms with Gasteiger partial charge < -0.3 is 24.7 Å². The monoisotopic (exact) mass is 424 g/mol. The molecular formula is C20H41O7P. The van der Waals surface area contributed by atoms with E-state index >= 15 is 0 Å². The van der Waals surface area contributed by atoms with Gasteiger partial charge >= 0.3 is 19.5 Å². The molecule has 0 heterocycles. The summed E-state index contributed by atoms with van der Waals surface area (Å²) in [5, 5.41) is 19.1. The Labute approximate surface area is 170 Å². The average molecular weight is 425 g/mol. The van der Waals surface area contributed by atoms with E-state index in [1.807, 2.05) is 0 Å². The van der Waals surface area contributed by atoms with Gasteiger partial charge in [-0.1, -0.05) is 84.0 Å². The molecule has 0 aliphatic rings. The first-order valence-corrected chi connectivity index (χ1v) is 12.7. The van der Waals surface area contributed by atoms with E-state index in [-0.39, 0.29) is 12.8 Å². The molecule has 0 aromatic rings. The van der Waals surface area contributed by atoms with Crippen molar-refractivity contribution < 1.29 is 34.1 Å². The van der Waals surface area contributed by atoms with Gasteiger partial charge in [0.15, 0.2) is 0 Å². The van der Waals surface area contributed by atoms with Crippen LogP contribution in [0.15, 0.2) is 0 Å². The van der Waals surface area contributed by atoms with Gasteiger partial charge in [-0.2, -0.15) is 0 Å². The second-order valence-electron chi connectivity index (χ2n) is 7.70. The lowest BCUT2D eigenvalue weighted by Gasteiger charge is -2.21. The molecule has 0 aromatic heterocycles. The number of aliphatic hydroxyl groups is 2. The second-order valence-corrected chi connectivity index (χ2v) is 9.48. The van der Waals surface area contributed by atoms with Gasteiger partial charge in [-0.15, -0.1) is 0 Å². The summed E-state index contributed by atoms with van der Waals surface area (Å²) in [7, 11) is -4.19. The summed E-state index contributed by atoms with van der Waals surface area (Å²) in [5.41, 5.74) is 0. The van der Waals surface area contributed by atoms with Crippen molar-refractivity contribution in [2.75, 3.05) is 6.16 Å². The number of carbonyl (C=O) groups is 1. The van der Waals surface area contributed by atoms with Crippen molar-refractivity contribution in [2.24, 2.45) is 0 Å². The Bertz CT molecular complexity index is 434. The fourth-order valence-electron chi connectivity index (χ4n) is 3.09. The molecule has 0 fully saturated rings. The SMILES string of the molecule is CCCCCCCCCCCCCCCC(=O)OC(O)(O)CCCP(=O)(O)O. The van der Waals surface area contributed by atoms with E-state index in [4.69, 9.17) is 9.79 Å². The zero-order valence-corrected chi connectivity index (χ0v) is 18.4. The maximum Gasteiger partial charge on any atom is 0.325 e. The molecule has 0 aromatic carbocycles. The summed E-state index contributed by atoms with van der Waals surface area (Å²) in [4.78, 5) is 29.1. The van der Waals surface area contributed by atoms with Crippen molar-refractivity contribution >= 4 is 13.6 Å². The zero-order valence-electron chi connectivity index (χ0n) is 17.5. The first-order chi connectivity index (χ1) is 13.2. The highest BCUT2D eigenvalue weighted by Crippen LogP contribution is 2.36. The molecule has 0 bridgehead atoms. The third-order valence-electron chi connectivity index (χ3n) is 4.71. The number of rotatable bonds is 19. The molecule has 0 aliphatic heterocycles. The lowest BCUT2D eigenvalue weighted by Crippen LogP contribution is -2.34. The van der Waals surface area contributed by atoms with Crippen LogP contribution in [0.3, 0.4) is 0 Å². The predicted molar refractivity (Wildman–Crippen MR) is 110 cm³/mol. The van der Waals surface area contributed by atoms with E-state index in [1.54, 1.807) is 0 Å². The number of esters is 1. The van der Waals surface area contributed by atoms with Crippen LogP contribution in [-0.2, 0) is 14.1 Å². The average Bonchev–Trinajstić information content (AvgIpc) is 2.57. The lowest BCUT2D eigenvalue weighted by molar-refractivity contribution is -0.322. The molecule has 0 aliphatic carbocycles.